The lowest BCUT2D eigenvalue weighted by molar-refractivity contribution is -0.137. The lowest BCUT2D eigenvalue weighted by Gasteiger charge is -2.09. The van der Waals surface area contributed by atoms with Gasteiger partial charge in [0, 0.05) is 23.9 Å². The molecule has 0 bridgehead atoms. The van der Waals surface area contributed by atoms with Gasteiger partial charge in [-0.05, 0) is 31.2 Å². The van der Waals surface area contributed by atoms with Crippen LogP contribution in [-0.4, -0.2) is 27.3 Å². The maximum absolute atomic E-state index is 12.7. The van der Waals surface area contributed by atoms with Crippen LogP contribution in [0.5, 0.6) is 5.75 Å². The normalized spacial score (nSPS) is 11.8. The van der Waals surface area contributed by atoms with Gasteiger partial charge in [0.25, 0.3) is 0 Å². The molecule has 0 radical (unpaired) electrons. The second-order valence-corrected chi connectivity index (χ2v) is 6.22. The number of anilines is 1. The Morgan fingerprint density at radius 1 is 1.19 bits per heavy atom. The zero-order valence-electron chi connectivity index (χ0n) is 15.9. The van der Waals surface area contributed by atoms with Crippen LogP contribution in [-0.2, 0) is 11.0 Å². The lowest BCUT2D eigenvalue weighted by atomic mass is 10.2. The van der Waals surface area contributed by atoms with Crippen LogP contribution < -0.4 is 10.1 Å². The molecule has 0 saturated carbocycles. The van der Waals surface area contributed by atoms with E-state index in [1.165, 1.54) is 35.0 Å². The molecule has 3 rings (SSSR count). The van der Waals surface area contributed by atoms with Crippen LogP contribution in [0.1, 0.15) is 16.8 Å². The summed E-state index contributed by atoms with van der Waals surface area (Å²) < 4.78 is 68.7. The number of nitrogens with one attached hydrogen (secondary N) is 1. The molecule has 3 aromatic rings. The van der Waals surface area contributed by atoms with E-state index < -0.39 is 24.3 Å². The Hall–Kier alpha value is -3.76. The molecule has 11 heteroatoms. The highest BCUT2D eigenvalue weighted by Gasteiger charge is 2.30. The van der Waals surface area contributed by atoms with Crippen LogP contribution in [0.15, 0.2) is 54.7 Å². The van der Waals surface area contributed by atoms with E-state index in [9.17, 15) is 26.7 Å². The Balaban J connectivity index is 1.78. The van der Waals surface area contributed by atoms with E-state index in [1.807, 2.05) is 0 Å². The number of alkyl halides is 5. The maximum atomic E-state index is 12.7. The number of para-hydroxylation sites is 1. The van der Waals surface area contributed by atoms with Gasteiger partial charge in [-0.15, -0.1) is 0 Å². The fourth-order valence-corrected chi connectivity index (χ4v) is 2.60. The number of aromatic nitrogens is 3. The van der Waals surface area contributed by atoms with Crippen molar-refractivity contribution in [3.63, 3.8) is 0 Å². The van der Waals surface area contributed by atoms with Gasteiger partial charge in [0.2, 0.25) is 5.91 Å². The third-order valence-electron chi connectivity index (χ3n) is 3.92. The number of ether oxygens (including phenoxy) is 1. The predicted molar refractivity (Wildman–Crippen MR) is 102 cm³/mol. The SMILES string of the molecule is Cc1cc(NC(=O)C=Cc2ccccc2OC(F)F)n(-c2ccc(C(F)(F)F)cn2)n1. The Kier molecular flexibility index (Phi) is 6.33. The van der Waals surface area contributed by atoms with Crippen LogP contribution in [0.25, 0.3) is 11.9 Å². The first-order valence-electron chi connectivity index (χ1n) is 8.76. The summed E-state index contributed by atoms with van der Waals surface area (Å²) in [4.78, 5) is 16.1. The fourth-order valence-electron chi connectivity index (χ4n) is 2.60. The number of nitrogens with zero attached hydrogens (tertiary/aromatic N) is 3. The van der Waals surface area contributed by atoms with Gasteiger partial charge in [-0.25, -0.2) is 4.98 Å². The fraction of sp³-hybridized carbons (Fsp3) is 0.150. The summed E-state index contributed by atoms with van der Waals surface area (Å²) >= 11 is 0. The number of pyridine rings is 1. The topological polar surface area (TPSA) is 69.0 Å². The summed E-state index contributed by atoms with van der Waals surface area (Å²) in [6.07, 6.45) is -1.48. The van der Waals surface area contributed by atoms with Crippen molar-refractivity contribution in [2.45, 2.75) is 19.7 Å². The van der Waals surface area contributed by atoms with Crippen molar-refractivity contribution < 1.29 is 31.5 Å². The molecule has 0 unspecified atom stereocenters. The molecule has 31 heavy (non-hydrogen) atoms. The number of halogens is 5. The molecule has 0 saturated heterocycles. The number of hydrogen-bond acceptors (Lipinski definition) is 4. The predicted octanol–water partition coefficient (Wildman–Crippen LogP) is 4.85. The van der Waals surface area contributed by atoms with Crippen molar-refractivity contribution in [1.82, 2.24) is 14.8 Å². The monoisotopic (exact) mass is 438 g/mol. The molecule has 0 fully saturated rings. The summed E-state index contributed by atoms with van der Waals surface area (Å²) in [6.45, 7) is -1.39. The lowest BCUT2D eigenvalue weighted by Crippen LogP contribution is -2.13. The smallest absolute Gasteiger partial charge is 0.417 e. The molecule has 1 amide bonds. The van der Waals surface area contributed by atoms with Crippen molar-refractivity contribution in [3.05, 3.63) is 71.6 Å². The van der Waals surface area contributed by atoms with Gasteiger partial charge in [0.15, 0.2) is 5.82 Å². The van der Waals surface area contributed by atoms with E-state index in [-0.39, 0.29) is 22.9 Å². The minimum absolute atomic E-state index is 0.0658. The molecule has 1 aromatic carbocycles. The van der Waals surface area contributed by atoms with Gasteiger partial charge in [-0.2, -0.15) is 31.7 Å². The Morgan fingerprint density at radius 2 is 1.94 bits per heavy atom. The molecule has 2 heterocycles. The van der Waals surface area contributed by atoms with Crippen LogP contribution in [0, 0.1) is 6.92 Å². The van der Waals surface area contributed by atoms with Crippen molar-refractivity contribution in [3.8, 4) is 11.6 Å². The molecular weight excluding hydrogens is 423 g/mol. The van der Waals surface area contributed by atoms with Crippen LogP contribution >= 0.6 is 0 Å². The number of carbonyl (C=O) groups is 1. The Morgan fingerprint density at radius 3 is 2.58 bits per heavy atom. The molecule has 0 aliphatic carbocycles. The number of rotatable bonds is 6. The average Bonchev–Trinajstić information content (AvgIpc) is 3.06. The Labute approximate surface area is 173 Å². The van der Waals surface area contributed by atoms with Crippen LogP contribution in [0.2, 0.25) is 0 Å². The Bertz CT molecular complexity index is 1090. The molecule has 2 aromatic heterocycles. The molecule has 0 aliphatic rings. The largest absolute Gasteiger partial charge is 0.434 e. The standard InChI is InChI=1S/C20H15F5N4O2/c1-12-10-17(29(28-12)16-8-7-14(11-26-16)20(23,24)25)27-18(30)9-6-13-4-2-3-5-15(13)31-19(21)22/h2-11,19H,1H3,(H,27,30). The first-order valence-corrected chi connectivity index (χ1v) is 8.76. The molecule has 1 N–H and O–H groups in total. The summed E-state index contributed by atoms with van der Waals surface area (Å²) in [5, 5.41) is 6.65. The van der Waals surface area contributed by atoms with Crippen LogP contribution in [0.4, 0.5) is 27.8 Å². The number of carbonyl (C=O) groups excluding carboxylic acids is 1. The maximum Gasteiger partial charge on any atom is 0.417 e. The van der Waals surface area contributed by atoms with Crippen molar-refractivity contribution in [1.29, 1.82) is 0 Å². The number of amides is 1. The molecule has 0 atom stereocenters. The number of aryl methyl sites for hydroxylation is 1. The number of hydrogen-bond donors (Lipinski definition) is 1. The highest BCUT2D eigenvalue weighted by Crippen LogP contribution is 2.29. The quantitative estimate of drug-likeness (QED) is 0.442. The van der Waals surface area contributed by atoms with E-state index in [2.05, 4.69) is 20.1 Å². The number of benzene rings is 1. The minimum atomic E-state index is -4.53. The first-order chi connectivity index (χ1) is 14.6. The van der Waals surface area contributed by atoms with Gasteiger partial charge >= 0.3 is 12.8 Å². The van der Waals surface area contributed by atoms with Gasteiger partial charge in [-0.1, -0.05) is 18.2 Å². The zero-order chi connectivity index (χ0) is 22.6. The van der Waals surface area contributed by atoms with Gasteiger partial charge in [0.05, 0.1) is 11.3 Å². The van der Waals surface area contributed by atoms with Crippen molar-refractivity contribution in [2.75, 3.05) is 5.32 Å². The van der Waals surface area contributed by atoms with E-state index in [0.717, 1.165) is 18.2 Å². The highest BCUT2D eigenvalue weighted by molar-refractivity contribution is 6.01. The van der Waals surface area contributed by atoms with Gasteiger partial charge in [-0.3, -0.25) is 4.79 Å². The molecular formula is C20H15F5N4O2. The zero-order valence-corrected chi connectivity index (χ0v) is 15.9. The summed E-state index contributed by atoms with van der Waals surface area (Å²) in [7, 11) is 0. The van der Waals surface area contributed by atoms with E-state index in [0.29, 0.717) is 11.9 Å². The van der Waals surface area contributed by atoms with Gasteiger partial charge < -0.3 is 10.1 Å². The van der Waals surface area contributed by atoms with Crippen molar-refractivity contribution in [2.24, 2.45) is 0 Å². The molecule has 0 spiro atoms. The average molecular weight is 438 g/mol. The summed E-state index contributed by atoms with van der Waals surface area (Å²) in [6, 6.07) is 9.39. The van der Waals surface area contributed by atoms with E-state index in [4.69, 9.17) is 0 Å². The summed E-state index contributed by atoms with van der Waals surface area (Å²) in [5.41, 5.74) is -0.179. The third kappa shape index (κ3) is 5.65. The van der Waals surface area contributed by atoms with Crippen molar-refractivity contribution >= 4 is 17.8 Å². The van der Waals surface area contributed by atoms with E-state index in [1.54, 1.807) is 13.0 Å². The first kappa shape index (κ1) is 21.9. The molecule has 162 valence electrons. The van der Waals surface area contributed by atoms with Crippen LogP contribution in [0.3, 0.4) is 0 Å². The second kappa shape index (κ2) is 8.94. The van der Waals surface area contributed by atoms with E-state index >= 15 is 0 Å². The minimum Gasteiger partial charge on any atom is -0.434 e. The highest BCUT2D eigenvalue weighted by atomic mass is 19.4. The molecule has 6 nitrogen and oxygen atoms in total. The second-order valence-electron chi connectivity index (χ2n) is 6.22. The third-order valence-corrected chi connectivity index (χ3v) is 3.92. The molecule has 0 aliphatic heterocycles. The van der Waals surface area contributed by atoms with Gasteiger partial charge in [0.1, 0.15) is 11.6 Å². The summed E-state index contributed by atoms with van der Waals surface area (Å²) in [5.74, 6) is -0.496.